The molecule has 0 aliphatic carbocycles. The van der Waals surface area contributed by atoms with Crippen LogP contribution >= 0.6 is 11.3 Å². The zero-order chi connectivity index (χ0) is 18.5. The summed E-state index contributed by atoms with van der Waals surface area (Å²) in [5.41, 5.74) is 0.653. The van der Waals surface area contributed by atoms with Gasteiger partial charge in [-0.05, 0) is 38.3 Å². The van der Waals surface area contributed by atoms with Gasteiger partial charge < -0.3 is 9.64 Å². The van der Waals surface area contributed by atoms with E-state index in [2.05, 4.69) is 0 Å². The van der Waals surface area contributed by atoms with E-state index >= 15 is 0 Å². The Kier molecular flexibility index (Phi) is 5.83. The topological polar surface area (TPSA) is 63.7 Å². The Morgan fingerprint density at radius 1 is 0.962 bits per heavy atom. The Morgan fingerprint density at radius 2 is 1.62 bits per heavy atom. The van der Waals surface area contributed by atoms with Crippen LogP contribution in [0.25, 0.3) is 0 Å². The van der Waals surface area contributed by atoms with Crippen molar-refractivity contribution in [3.8, 4) is 0 Å². The summed E-state index contributed by atoms with van der Waals surface area (Å²) in [6.07, 6.45) is 2.08. The summed E-state index contributed by atoms with van der Waals surface area (Å²) in [6.45, 7) is 2.83. The highest BCUT2D eigenvalue weighted by atomic mass is 32.1. The number of esters is 1. The molecule has 1 atom stereocenters. The monoisotopic (exact) mass is 371 g/mol. The Bertz CT molecular complexity index is 793. The molecule has 1 fully saturated rings. The second-order valence-electron chi connectivity index (χ2n) is 6.30. The van der Waals surface area contributed by atoms with E-state index in [1.54, 1.807) is 29.2 Å². The molecule has 0 saturated carbocycles. The number of piperidine rings is 1. The van der Waals surface area contributed by atoms with Gasteiger partial charge in [0.2, 0.25) is 6.10 Å². The number of carbonyl (C=O) groups excluding carboxylic acids is 3. The van der Waals surface area contributed by atoms with Crippen LogP contribution < -0.4 is 0 Å². The normalized spacial score (nSPS) is 15.3. The predicted octanol–water partition coefficient (Wildman–Crippen LogP) is 3.86. The number of Topliss-reactive ketones (excluding diaryl/α,β-unsaturated/α-hetero) is 1. The third kappa shape index (κ3) is 4.19. The molecule has 1 saturated heterocycles. The van der Waals surface area contributed by atoms with Crippen LogP contribution in [0.5, 0.6) is 0 Å². The number of thiophene rings is 1. The number of carbonyl (C=O) groups is 3. The predicted molar refractivity (Wildman–Crippen MR) is 99.4 cm³/mol. The molecule has 1 aliphatic heterocycles. The molecule has 0 bridgehead atoms. The van der Waals surface area contributed by atoms with Crippen molar-refractivity contribution < 1.29 is 19.1 Å². The molecule has 1 aliphatic rings. The van der Waals surface area contributed by atoms with Crippen LogP contribution in [-0.2, 0) is 9.53 Å². The van der Waals surface area contributed by atoms with E-state index in [9.17, 15) is 14.4 Å². The number of hydrogen-bond acceptors (Lipinski definition) is 5. The van der Waals surface area contributed by atoms with Crippen LogP contribution in [0.3, 0.4) is 0 Å². The first kappa shape index (κ1) is 18.3. The highest BCUT2D eigenvalue weighted by Gasteiger charge is 2.31. The van der Waals surface area contributed by atoms with E-state index in [-0.39, 0.29) is 11.7 Å². The number of likely N-dealkylation sites (tertiary alicyclic amines) is 1. The summed E-state index contributed by atoms with van der Waals surface area (Å²) in [6, 6.07) is 12.2. The molecule has 6 heteroatoms. The van der Waals surface area contributed by atoms with Crippen LogP contribution in [0, 0.1) is 0 Å². The minimum Gasteiger partial charge on any atom is -0.443 e. The lowest BCUT2D eigenvalue weighted by Crippen LogP contribution is -2.40. The quantitative estimate of drug-likeness (QED) is 0.591. The number of benzene rings is 1. The smallest absolute Gasteiger partial charge is 0.349 e. The Labute approximate surface area is 156 Å². The number of nitrogens with zero attached hydrogens (tertiary/aromatic N) is 1. The SMILES string of the molecule is CC(=O)c1ccc(C(=O)OC(C(=O)N2CCCCC2)c2ccccc2)s1. The van der Waals surface area contributed by atoms with Crippen LogP contribution in [0.1, 0.15) is 57.2 Å². The van der Waals surface area contributed by atoms with Gasteiger partial charge in [-0.3, -0.25) is 9.59 Å². The van der Waals surface area contributed by atoms with Crippen molar-refractivity contribution in [2.45, 2.75) is 32.3 Å². The van der Waals surface area contributed by atoms with Crippen molar-refractivity contribution in [2.24, 2.45) is 0 Å². The molecule has 0 N–H and O–H groups in total. The molecule has 0 spiro atoms. The Hall–Kier alpha value is -2.47. The van der Waals surface area contributed by atoms with Crippen molar-refractivity contribution in [1.29, 1.82) is 0 Å². The van der Waals surface area contributed by atoms with E-state index in [0.717, 1.165) is 30.6 Å². The van der Waals surface area contributed by atoms with Gasteiger partial charge in [0.1, 0.15) is 4.88 Å². The fraction of sp³-hybridized carbons (Fsp3) is 0.350. The minimum atomic E-state index is -0.968. The lowest BCUT2D eigenvalue weighted by molar-refractivity contribution is -0.142. The number of rotatable bonds is 5. The van der Waals surface area contributed by atoms with Gasteiger partial charge in [-0.25, -0.2) is 4.79 Å². The van der Waals surface area contributed by atoms with Gasteiger partial charge in [0.15, 0.2) is 5.78 Å². The highest BCUT2D eigenvalue weighted by Crippen LogP contribution is 2.26. The Balaban J connectivity index is 1.82. The summed E-state index contributed by atoms with van der Waals surface area (Å²) >= 11 is 1.08. The number of hydrogen-bond donors (Lipinski definition) is 0. The fourth-order valence-corrected chi connectivity index (χ4v) is 3.76. The van der Waals surface area contributed by atoms with Crippen molar-refractivity contribution in [3.05, 3.63) is 57.8 Å². The summed E-state index contributed by atoms with van der Waals surface area (Å²) in [5, 5.41) is 0. The molecular formula is C20H21NO4S. The molecule has 136 valence electrons. The Morgan fingerprint density at radius 3 is 2.23 bits per heavy atom. The van der Waals surface area contributed by atoms with Gasteiger partial charge in [0.05, 0.1) is 4.88 Å². The maximum atomic E-state index is 13.0. The molecule has 2 aromatic rings. The average Bonchev–Trinajstić information content (AvgIpc) is 3.17. The highest BCUT2D eigenvalue weighted by molar-refractivity contribution is 7.15. The molecular weight excluding hydrogens is 350 g/mol. The summed E-state index contributed by atoms with van der Waals surface area (Å²) < 4.78 is 5.60. The molecule has 26 heavy (non-hydrogen) atoms. The third-order valence-electron chi connectivity index (χ3n) is 4.37. The van der Waals surface area contributed by atoms with E-state index in [1.807, 2.05) is 18.2 Å². The van der Waals surface area contributed by atoms with Crippen LogP contribution in [-0.4, -0.2) is 35.6 Å². The molecule has 0 radical (unpaired) electrons. The molecule has 1 aromatic heterocycles. The molecule has 3 rings (SSSR count). The zero-order valence-corrected chi connectivity index (χ0v) is 15.5. The molecule has 2 heterocycles. The molecule has 1 unspecified atom stereocenters. The average molecular weight is 371 g/mol. The van der Waals surface area contributed by atoms with Gasteiger partial charge in [-0.2, -0.15) is 0 Å². The van der Waals surface area contributed by atoms with Gasteiger partial charge in [-0.15, -0.1) is 11.3 Å². The lowest BCUT2D eigenvalue weighted by Gasteiger charge is -2.30. The summed E-state index contributed by atoms with van der Waals surface area (Å²) in [4.78, 5) is 39.6. The molecule has 1 amide bonds. The van der Waals surface area contributed by atoms with Crippen molar-refractivity contribution in [3.63, 3.8) is 0 Å². The lowest BCUT2D eigenvalue weighted by atomic mass is 10.1. The van der Waals surface area contributed by atoms with E-state index < -0.39 is 12.1 Å². The number of ketones is 1. The first-order valence-electron chi connectivity index (χ1n) is 8.72. The number of ether oxygens (including phenoxy) is 1. The van der Waals surface area contributed by atoms with Crippen LogP contribution in [0.15, 0.2) is 42.5 Å². The van der Waals surface area contributed by atoms with Crippen LogP contribution in [0.2, 0.25) is 0 Å². The standard InChI is InChI=1S/C20H21NO4S/c1-14(22)16-10-11-17(26-16)20(24)25-18(15-8-4-2-5-9-15)19(23)21-12-6-3-7-13-21/h2,4-5,8-11,18H,3,6-7,12-13H2,1H3. The zero-order valence-electron chi connectivity index (χ0n) is 14.6. The molecule has 5 nitrogen and oxygen atoms in total. The largest absolute Gasteiger partial charge is 0.443 e. The van der Waals surface area contributed by atoms with E-state index in [1.165, 1.54) is 6.92 Å². The second-order valence-corrected chi connectivity index (χ2v) is 7.39. The van der Waals surface area contributed by atoms with Crippen LogP contribution in [0.4, 0.5) is 0 Å². The van der Waals surface area contributed by atoms with Crippen molar-refractivity contribution >= 4 is 29.0 Å². The molecule has 1 aromatic carbocycles. The van der Waals surface area contributed by atoms with E-state index in [0.29, 0.717) is 28.4 Å². The fourth-order valence-electron chi connectivity index (χ4n) is 2.97. The van der Waals surface area contributed by atoms with Crippen molar-refractivity contribution in [1.82, 2.24) is 4.90 Å². The second kappa shape index (κ2) is 8.27. The van der Waals surface area contributed by atoms with E-state index in [4.69, 9.17) is 4.74 Å². The van der Waals surface area contributed by atoms with Gasteiger partial charge in [-0.1, -0.05) is 30.3 Å². The maximum absolute atomic E-state index is 13.0. The first-order valence-corrected chi connectivity index (χ1v) is 9.53. The van der Waals surface area contributed by atoms with Gasteiger partial charge in [0.25, 0.3) is 5.91 Å². The minimum absolute atomic E-state index is 0.0990. The van der Waals surface area contributed by atoms with Gasteiger partial charge >= 0.3 is 5.97 Å². The first-order chi connectivity index (χ1) is 12.6. The third-order valence-corrected chi connectivity index (χ3v) is 5.54. The number of amides is 1. The van der Waals surface area contributed by atoms with Gasteiger partial charge in [0, 0.05) is 18.7 Å². The summed E-state index contributed by atoms with van der Waals surface area (Å²) in [7, 11) is 0. The van der Waals surface area contributed by atoms with Crippen molar-refractivity contribution in [2.75, 3.05) is 13.1 Å². The maximum Gasteiger partial charge on any atom is 0.349 e. The summed E-state index contributed by atoms with van der Waals surface area (Å²) in [5.74, 6) is -0.868.